The number of hydrogen-bond donors (Lipinski definition) is 22. The maximum Gasteiger partial charge on any atom is 0.355 e. The maximum absolute atomic E-state index is 15.4. The van der Waals surface area contributed by atoms with Crippen LogP contribution in [0.5, 0.6) is 5.75 Å². The van der Waals surface area contributed by atoms with Crippen molar-refractivity contribution in [3.8, 4) is 5.75 Å². The predicted octanol–water partition coefficient (Wildman–Crippen LogP) is -2.68. The Hall–Kier alpha value is -12.4. The van der Waals surface area contributed by atoms with Gasteiger partial charge in [0.1, 0.15) is 72.1 Å². The van der Waals surface area contributed by atoms with Crippen LogP contribution in [0, 0.1) is 5.92 Å². The lowest BCUT2D eigenvalue weighted by molar-refractivity contribution is -0.150. The van der Waals surface area contributed by atoms with E-state index in [2.05, 4.69) is 71.7 Å². The molecule has 7 rings (SSSR count). The number of fused-ring (bicyclic) bond motifs is 2. The topological polar surface area (TPSA) is 647 Å². The Morgan fingerprint density at radius 3 is 1.81 bits per heavy atom. The molecule has 11 amide bonds. The molecule has 3 aromatic carbocycles. The van der Waals surface area contributed by atoms with Gasteiger partial charge in [0.2, 0.25) is 59.1 Å². The van der Waals surface area contributed by atoms with Crippen LogP contribution in [0.2, 0.25) is 0 Å². The van der Waals surface area contributed by atoms with E-state index in [1.54, 1.807) is 48.5 Å². The zero-order chi connectivity index (χ0) is 83.6. The molecule has 40 nitrogen and oxygen atoms in total. The fourth-order valence-corrected chi connectivity index (χ4v) is 12.4. The first-order chi connectivity index (χ1) is 54.1. The van der Waals surface area contributed by atoms with Gasteiger partial charge in [0.05, 0.1) is 44.6 Å². The Bertz CT molecular complexity index is 4370. The normalized spacial score (nSPS) is 23.8. The number of aliphatic hydroxyl groups is 3. The first-order valence-corrected chi connectivity index (χ1v) is 36.5. The summed E-state index contributed by atoms with van der Waals surface area (Å²) in [6.45, 7) is 2.92. The number of nitrogens with two attached hydrogens (primary N) is 1. The molecule has 0 saturated carbocycles. The largest absolute Gasteiger partial charge is 0.508 e. The molecular formula is C74H94N14O26. The maximum atomic E-state index is 15.4. The fraction of sp³-hybridized carbons (Fsp3) is 0.459. The summed E-state index contributed by atoms with van der Waals surface area (Å²) < 4.78 is 11.5. The number of carboxylic acid groups (broad SMARTS) is 4. The van der Waals surface area contributed by atoms with Crippen molar-refractivity contribution >= 4 is 123 Å². The molecule has 0 aliphatic carbocycles. The van der Waals surface area contributed by atoms with E-state index in [0.29, 0.717) is 40.6 Å². The second kappa shape index (κ2) is 42.3. The summed E-state index contributed by atoms with van der Waals surface area (Å²) in [5, 5.41) is 108. The van der Waals surface area contributed by atoms with Crippen molar-refractivity contribution in [2.45, 2.75) is 196 Å². The summed E-state index contributed by atoms with van der Waals surface area (Å²) in [4.78, 5) is 229. The number of aromatic hydroxyl groups is 1. The third-order valence-electron chi connectivity index (χ3n) is 18.5. The molecule has 4 heterocycles. The molecule has 2 aliphatic rings. The molecule has 0 spiro atoms. The van der Waals surface area contributed by atoms with Crippen molar-refractivity contribution < 1.29 is 127 Å². The lowest BCUT2D eigenvalue weighted by atomic mass is 10.0. The van der Waals surface area contributed by atoms with Gasteiger partial charge in [-0.25, -0.2) is 4.79 Å². The zero-order valence-corrected chi connectivity index (χ0v) is 62.1. The minimum atomic E-state index is -2.71. The number of H-pyrrole nitrogens is 2. The molecule has 114 heavy (non-hydrogen) atoms. The number of phenolic OH excluding ortho intramolecular Hbond substituents is 1. The number of nitrogens with one attached hydrogen (secondary N) is 13. The molecule has 2 aromatic heterocycles. The number of ether oxygens (including phenoxy) is 2. The van der Waals surface area contributed by atoms with Crippen LogP contribution in [0.1, 0.15) is 127 Å². The average molecular weight is 1600 g/mol. The summed E-state index contributed by atoms with van der Waals surface area (Å²) in [5.74, 6) is -24.4. The number of epoxide rings is 1. The number of esters is 1. The van der Waals surface area contributed by atoms with Gasteiger partial charge in [0.25, 0.3) is 5.91 Å². The first-order valence-electron chi connectivity index (χ1n) is 36.5. The van der Waals surface area contributed by atoms with E-state index in [1.807, 2.05) is 10.6 Å². The van der Waals surface area contributed by atoms with Crippen molar-refractivity contribution in [1.82, 2.24) is 68.5 Å². The molecule has 0 bridgehead atoms. The SMILES string of the molecule is CC(C)CCCCCCCC[C@H]1O[C@@H]1C(=O)N[C@@H](CO)C(=O)N[C@@H]1C(=O)N[C@H](Cc2c[nH]c3ccccc23)C(=O)N[C@@H](CC(=O)O)C(=O)N[C@@H](CC(=O)O)C(=O)N[C@H](c2ccc(O)cc2)C(=O)N[C@@H](CC(=O)O)C(O)NCC(=O)N[C@H]([C@@H](O)C(N)=O)C(=O)N[C@H](CCC(=O)O)C(=O)N/C(=C\c2c[nH]c3ccccc23)C(=O)O[C@@H]1C. The van der Waals surface area contributed by atoms with Crippen LogP contribution in [-0.2, 0) is 92.6 Å². The molecule has 2 aliphatic heterocycles. The van der Waals surface area contributed by atoms with Crippen molar-refractivity contribution in [1.29, 1.82) is 0 Å². The van der Waals surface area contributed by atoms with E-state index in [9.17, 15) is 103 Å². The number of amides is 11. The minimum absolute atomic E-state index is 0.102. The van der Waals surface area contributed by atoms with Crippen molar-refractivity contribution in [2.24, 2.45) is 11.7 Å². The number of aromatic nitrogens is 2. The monoisotopic (exact) mass is 1590 g/mol. The number of carbonyl (C=O) groups excluding carboxylic acids is 12. The number of cyclic esters (lactones) is 1. The quantitative estimate of drug-likeness (QED) is 0.0100. The number of phenols is 1. The minimum Gasteiger partial charge on any atom is -0.508 e. The highest BCUT2D eigenvalue weighted by atomic mass is 16.6. The summed E-state index contributed by atoms with van der Waals surface area (Å²) in [6, 6.07) is -2.97. The third-order valence-corrected chi connectivity index (χ3v) is 18.5. The Kier molecular flexibility index (Phi) is 33.0. The van der Waals surface area contributed by atoms with Gasteiger partial charge in [-0.15, -0.1) is 0 Å². The van der Waals surface area contributed by atoms with Crippen LogP contribution in [0.4, 0.5) is 0 Å². The number of unbranched alkanes of at least 4 members (excludes halogenated alkanes) is 5. The zero-order valence-electron chi connectivity index (χ0n) is 62.1. The van der Waals surface area contributed by atoms with Crippen LogP contribution >= 0.6 is 0 Å². The summed E-state index contributed by atoms with van der Waals surface area (Å²) in [6.07, 6.45) is -4.22. The Morgan fingerprint density at radius 1 is 0.623 bits per heavy atom. The van der Waals surface area contributed by atoms with Gasteiger partial charge in [-0.2, -0.15) is 0 Å². The van der Waals surface area contributed by atoms with Crippen LogP contribution in [0.3, 0.4) is 0 Å². The Morgan fingerprint density at radius 2 is 1.19 bits per heavy atom. The number of rotatable bonds is 29. The van der Waals surface area contributed by atoms with Gasteiger partial charge in [-0.05, 0) is 67.2 Å². The smallest absolute Gasteiger partial charge is 0.355 e. The molecule has 23 N–H and O–H groups in total. The number of carboxylic acids is 4. The third kappa shape index (κ3) is 26.7. The van der Waals surface area contributed by atoms with E-state index >= 15 is 14.4 Å². The Labute approximate surface area is 649 Å². The summed E-state index contributed by atoms with van der Waals surface area (Å²) in [5.41, 5.74) is 5.42. The molecule has 2 saturated heterocycles. The van der Waals surface area contributed by atoms with Gasteiger partial charge in [-0.3, -0.25) is 77.2 Å². The molecular weight excluding hydrogens is 1500 g/mol. The standard InChI is InChI=1S/C74H94N14O26/c1-35(2)14-8-6-4-5-7-9-19-52-62(114-52)73(111)85-51(34-89)69(107)87-58-36(3)113-74(112)50(27-39-32-77-44-18-13-11-16-42(39)44)84-65(103)45(24-25-54(92)93)79-72(110)60(61(100)63(75)101)86-53(91)33-78-64(102)47(28-55(94)95)83-71(109)59(37-20-22-40(90)23-21-37)88-68(106)49(30-57(98)99)81-67(105)48(29-56(96)97)80-66(104)46(82-70(58)108)26-38-31-76-43-17-12-10-15-41(38)43/h10-13,15-18,20-23,27,31-32,35-36,45-49,51-52,58-62,64,76-78,89-90,100,102H,4-9,14,19,24-26,28-30,33-34H2,1-3H3,(H2,75,101)(H,79,110)(H,80,104)(H,81,105)(H,82,108)(H,83,109)(H,84,103)(H,85,111)(H,86,91)(H,87,107)(H,88,106)(H,92,93)(H,94,95)(H,96,97)(H,98,99)/b50-27-/t36-,45-,46-,47+,48+,49+,51+,52-,58+,59-,60-,61-,62+,64?/m1/s1. The van der Waals surface area contributed by atoms with E-state index in [0.717, 1.165) is 75.8 Å². The summed E-state index contributed by atoms with van der Waals surface area (Å²) in [7, 11) is 0. The van der Waals surface area contributed by atoms with Gasteiger partial charge in [-0.1, -0.05) is 107 Å². The number of hydrogen-bond acceptors (Lipinski definition) is 23. The van der Waals surface area contributed by atoms with Crippen molar-refractivity contribution in [3.05, 3.63) is 108 Å². The first kappa shape index (κ1) is 88.8. The second-order valence-corrected chi connectivity index (χ2v) is 27.8. The van der Waals surface area contributed by atoms with Crippen LogP contribution < -0.4 is 64.2 Å². The van der Waals surface area contributed by atoms with Gasteiger partial charge < -0.3 is 119 Å². The van der Waals surface area contributed by atoms with Crippen LogP contribution in [0.15, 0.2) is 90.9 Å². The predicted molar refractivity (Wildman–Crippen MR) is 397 cm³/mol. The van der Waals surface area contributed by atoms with E-state index in [4.69, 9.17) is 15.2 Å². The number of carbonyl (C=O) groups is 16. The average Bonchev–Trinajstić information content (AvgIpc) is 1.61. The second-order valence-electron chi connectivity index (χ2n) is 27.8. The van der Waals surface area contributed by atoms with Gasteiger partial charge in [0, 0.05) is 52.6 Å². The molecule has 40 heteroatoms. The highest BCUT2D eigenvalue weighted by molar-refractivity contribution is 6.05. The Balaban J connectivity index is 1.34. The number of para-hydroxylation sites is 2. The van der Waals surface area contributed by atoms with Crippen LogP contribution in [-0.4, -0.2) is 238 Å². The lowest BCUT2D eigenvalue weighted by Crippen LogP contribution is -2.62. The molecule has 1 unspecified atom stereocenters. The van der Waals surface area contributed by atoms with E-state index in [1.165, 1.54) is 12.4 Å². The molecule has 14 atom stereocenters. The van der Waals surface area contributed by atoms with E-state index < -0.39 is 243 Å². The number of aliphatic hydroxyl groups excluding tert-OH is 3. The van der Waals surface area contributed by atoms with Gasteiger partial charge in [0.15, 0.2) is 12.2 Å². The fourth-order valence-electron chi connectivity index (χ4n) is 12.4. The summed E-state index contributed by atoms with van der Waals surface area (Å²) >= 11 is 0. The molecule has 2 fully saturated rings. The highest BCUT2D eigenvalue weighted by Gasteiger charge is 2.46. The van der Waals surface area contributed by atoms with Crippen molar-refractivity contribution in [3.63, 3.8) is 0 Å². The van der Waals surface area contributed by atoms with Gasteiger partial charge >= 0.3 is 29.8 Å². The lowest BCUT2D eigenvalue weighted by Gasteiger charge is -2.29. The number of benzene rings is 3. The molecule has 616 valence electrons. The number of aromatic amines is 2. The van der Waals surface area contributed by atoms with Crippen LogP contribution in [0.25, 0.3) is 27.9 Å². The van der Waals surface area contributed by atoms with Crippen molar-refractivity contribution in [2.75, 3.05) is 13.2 Å². The highest BCUT2D eigenvalue weighted by Crippen LogP contribution is 2.29. The van der Waals surface area contributed by atoms with E-state index in [-0.39, 0.29) is 16.7 Å². The number of aliphatic carboxylic acids is 4. The molecule has 5 aromatic rings. The number of primary amides is 1. The molecule has 0 radical (unpaired) electrons.